The zero-order valence-corrected chi connectivity index (χ0v) is 15.9. The van der Waals surface area contributed by atoms with Gasteiger partial charge in [0, 0.05) is 27.9 Å². The number of carbonyl (C=O) groups excluding carboxylic acids is 1. The fourth-order valence-corrected chi connectivity index (χ4v) is 3.25. The lowest BCUT2D eigenvalue weighted by molar-refractivity contribution is 0.0686. The lowest BCUT2D eigenvalue weighted by atomic mass is 10.2. The fourth-order valence-electron chi connectivity index (χ4n) is 2.33. The number of benzene rings is 1. The number of rotatable bonds is 5. The highest BCUT2D eigenvalue weighted by Gasteiger charge is 2.20. The lowest BCUT2D eigenvalue weighted by Crippen LogP contribution is -2.28. The number of carboxylic acids is 1. The first-order chi connectivity index (χ1) is 13.8. The third-order valence-electron chi connectivity index (χ3n) is 3.72. The quantitative estimate of drug-likeness (QED) is 0.414. The van der Waals surface area contributed by atoms with Gasteiger partial charge in [-0.15, -0.1) is 11.3 Å². The van der Waals surface area contributed by atoms with Gasteiger partial charge in [-0.3, -0.25) is 4.79 Å². The van der Waals surface area contributed by atoms with Crippen molar-refractivity contribution in [2.24, 2.45) is 0 Å². The summed E-state index contributed by atoms with van der Waals surface area (Å²) in [7, 11) is 0. The molecule has 29 heavy (non-hydrogen) atoms. The van der Waals surface area contributed by atoms with E-state index in [0.29, 0.717) is 0 Å². The van der Waals surface area contributed by atoms with Gasteiger partial charge in [0.25, 0.3) is 5.56 Å². The van der Waals surface area contributed by atoms with Crippen molar-refractivity contribution in [3.8, 4) is 17.1 Å². The highest BCUT2D eigenvalue weighted by molar-refractivity contribution is 7.08. The number of thiophene rings is 1. The molecule has 0 saturated heterocycles. The minimum Gasteiger partial charge on any atom is -0.501 e. The summed E-state index contributed by atoms with van der Waals surface area (Å²) in [5, 5.41) is 26.8. The van der Waals surface area contributed by atoms with Gasteiger partial charge in [-0.1, -0.05) is 17.7 Å². The number of aromatic amines is 1. The molecule has 0 aliphatic heterocycles. The molecule has 0 atom stereocenters. The van der Waals surface area contributed by atoms with Crippen LogP contribution < -0.4 is 16.2 Å². The number of H-pyrrole nitrogens is 1. The Kier molecular flexibility index (Phi) is 5.80. The van der Waals surface area contributed by atoms with Crippen LogP contribution in [-0.2, 0) is 6.54 Å². The molecule has 0 fully saturated rings. The number of hydrogen-bond donors (Lipinski definition) is 5. The van der Waals surface area contributed by atoms with Gasteiger partial charge in [-0.2, -0.15) is 0 Å². The largest absolute Gasteiger partial charge is 0.501 e. The fraction of sp³-hybridized carbons (Fsp3) is 0.0588. The number of halogens is 2. The number of aromatic hydroxyl groups is 1. The first-order valence-electron chi connectivity index (χ1n) is 7.88. The second-order valence-corrected chi connectivity index (χ2v) is 6.84. The summed E-state index contributed by atoms with van der Waals surface area (Å²) < 4.78 is 13.8. The van der Waals surface area contributed by atoms with Crippen LogP contribution in [0.2, 0.25) is 5.02 Å². The summed E-state index contributed by atoms with van der Waals surface area (Å²) >= 11 is 6.84. The molecule has 3 aromatic rings. The van der Waals surface area contributed by atoms with E-state index >= 15 is 0 Å². The molecule has 0 aliphatic rings. The summed E-state index contributed by atoms with van der Waals surface area (Å²) in [5.74, 6) is -3.32. The van der Waals surface area contributed by atoms with E-state index in [0.717, 1.165) is 17.4 Å². The van der Waals surface area contributed by atoms with Gasteiger partial charge in [0.15, 0.2) is 5.69 Å². The van der Waals surface area contributed by atoms with Crippen molar-refractivity contribution < 1.29 is 24.2 Å². The maximum atomic E-state index is 13.8. The molecule has 0 aliphatic carbocycles. The zero-order valence-electron chi connectivity index (χ0n) is 14.3. The van der Waals surface area contributed by atoms with E-state index in [-0.39, 0.29) is 34.2 Å². The predicted octanol–water partition coefficient (Wildman–Crippen LogP) is 3.02. The summed E-state index contributed by atoms with van der Waals surface area (Å²) in [6, 6.07) is 3.38. The Morgan fingerprint density at radius 2 is 2.07 bits per heavy atom. The Balaban J connectivity index is 1.78. The third kappa shape index (κ3) is 4.52. The summed E-state index contributed by atoms with van der Waals surface area (Å²) in [5.41, 5.74) is -1.15. The molecule has 2 heterocycles. The molecule has 150 valence electrons. The van der Waals surface area contributed by atoms with E-state index in [1.807, 2.05) is 0 Å². The highest BCUT2D eigenvalue weighted by atomic mass is 35.5. The first kappa shape index (κ1) is 20.3. The first-order valence-corrected chi connectivity index (χ1v) is 9.20. The van der Waals surface area contributed by atoms with E-state index in [4.69, 9.17) is 16.7 Å². The average molecular weight is 439 g/mol. The van der Waals surface area contributed by atoms with Crippen LogP contribution in [0.4, 0.5) is 14.9 Å². The summed E-state index contributed by atoms with van der Waals surface area (Å²) in [6.07, 6.45) is 0. The summed E-state index contributed by atoms with van der Waals surface area (Å²) in [4.78, 5) is 41.0. The Morgan fingerprint density at radius 1 is 1.31 bits per heavy atom. The third-order valence-corrected chi connectivity index (χ3v) is 4.70. The van der Waals surface area contributed by atoms with Gasteiger partial charge >= 0.3 is 12.0 Å². The van der Waals surface area contributed by atoms with Crippen LogP contribution in [0.5, 0.6) is 5.75 Å². The Labute approximate surface area is 170 Å². The number of nitrogens with one attached hydrogen (secondary N) is 3. The molecule has 12 heteroatoms. The molecule has 2 aromatic heterocycles. The highest BCUT2D eigenvalue weighted by Crippen LogP contribution is 2.29. The lowest BCUT2D eigenvalue weighted by Gasteiger charge is -2.10. The van der Waals surface area contributed by atoms with Crippen molar-refractivity contribution in [1.29, 1.82) is 0 Å². The second kappa shape index (κ2) is 8.29. The normalized spacial score (nSPS) is 10.6. The standard InChI is InChI=1S/C17H12ClFN4O5S/c18-8-2-1-7(10(19)3-8)4-20-17(28)21-11-6-29-5-9(11)14-22-12(16(26)27)13(24)15(25)23-14/h1-3,5-6,24H,4H2,(H,26,27)(H2,20,21,28)(H,22,23,25). The van der Waals surface area contributed by atoms with E-state index in [1.165, 1.54) is 22.9 Å². The minimum atomic E-state index is -1.58. The SMILES string of the molecule is O=C(NCc1ccc(Cl)cc1F)Nc1cscc1-c1nc(C(=O)O)c(O)c(=O)[nH]1. The van der Waals surface area contributed by atoms with Gasteiger partial charge in [0.05, 0.1) is 11.3 Å². The Bertz CT molecular complexity index is 1160. The van der Waals surface area contributed by atoms with Crippen molar-refractivity contribution in [2.45, 2.75) is 6.54 Å². The maximum Gasteiger partial charge on any atom is 0.358 e. The van der Waals surface area contributed by atoms with Crippen molar-refractivity contribution in [3.63, 3.8) is 0 Å². The smallest absolute Gasteiger partial charge is 0.358 e. The van der Waals surface area contributed by atoms with Crippen LogP contribution in [0.25, 0.3) is 11.4 Å². The monoisotopic (exact) mass is 438 g/mol. The van der Waals surface area contributed by atoms with E-state index in [9.17, 15) is 23.9 Å². The van der Waals surface area contributed by atoms with Crippen LogP contribution >= 0.6 is 22.9 Å². The molecule has 0 unspecified atom stereocenters. The summed E-state index contributed by atoms with van der Waals surface area (Å²) in [6.45, 7) is -0.105. The molecular formula is C17H12ClFN4O5S. The number of anilines is 1. The molecule has 0 bridgehead atoms. The van der Waals surface area contributed by atoms with Crippen LogP contribution in [0, 0.1) is 5.82 Å². The molecule has 2 amide bonds. The van der Waals surface area contributed by atoms with E-state index in [1.54, 1.807) is 0 Å². The molecule has 5 N–H and O–H groups in total. The van der Waals surface area contributed by atoms with Crippen LogP contribution in [-0.4, -0.2) is 32.2 Å². The number of urea groups is 1. The molecule has 9 nitrogen and oxygen atoms in total. The number of carbonyl (C=O) groups is 2. The average Bonchev–Trinajstić information content (AvgIpc) is 3.11. The molecular weight excluding hydrogens is 427 g/mol. The Hall–Kier alpha value is -3.44. The minimum absolute atomic E-state index is 0.105. The van der Waals surface area contributed by atoms with E-state index in [2.05, 4.69) is 20.6 Å². The van der Waals surface area contributed by atoms with Gasteiger partial charge in [0.2, 0.25) is 5.75 Å². The van der Waals surface area contributed by atoms with Gasteiger partial charge in [0.1, 0.15) is 11.6 Å². The van der Waals surface area contributed by atoms with Crippen molar-refractivity contribution in [2.75, 3.05) is 5.32 Å². The number of aromatic carboxylic acids is 1. The van der Waals surface area contributed by atoms with Gasteiger partial charge in [-0.25, -0.2) is 19.0 Å². The molecule has 0 saturated carbocycles. The number of aromatic nitrogens is 2. The van der Waals surface area contributed by atoms with Crippen molar-refractivity contribution in [1.82, 2.24) is 15.3 Å². The molecule has 0 spiro atoms. The Morgan fingerprint density at radius 3 is 2.76 bits per heavy atom. The van der Waals surface area contributed by atoms with Crippen molar-refractivity contribution >= 4 is 40.6 Å². The number of nitrogens with zero attached hydrogens (tertiary/aromatic N) is 1. The second-order valence-electron chi connectivity index (χ2n) is 5.66. The number of carboxylic acid groups (broad SMARTS) is 1. The molecule has 3 rings (SSSR count). The zero-order chi connectivity index (χ0) is 21.1. The molecule has 0 radical (unpaired) electrons. The predicted molar refractivity (Wildman–Crippen MR) is 104 cm³/mol. The topological polar surface area (TPSA) is 144 Å². The maximum absolute atomic E-state index is 13.8. The van der Waals surface area contributed by atoms with Crippen LogP contribution in [0.3, 0.4) is 0 Å². The van der Waals surface area contributed by atoms with E-state index < -0.39 is 34.8 Å². The van der Waals surface area contributed by atoms with Gasteiger partial charge < -0.3 is 25.8 Å². The van der Waals surface area contributed by atoms with Crippen LogP contribution in [0.15, 0.2) is 33.8 Å². The number of amides is 2. The van der Waals surface area contributed by atoms with Crippen LogP contribution in [0.1, 0.15) is 16.1 Å². The number of hydrogen-bond acceptors (Lipinski definition) is 6. The molecule has 1 aromatic carbocycles. The van der Waals surface area contributed by atoms with Crippen molar-refractivity contribution in [3.05, 3.63) is 61.4 Å². The van der Waals surface area contributed by atoms with Gasteiger partial charge in [-0.05, 0) is 12.1 Å².